The molecule has 0 aromatic heterocycles. The Kier molecular flexibility index (Phi) is 4.70. The van der Waals surface area contributed by atoms with Crippen LogP contribution in [0, 0.1) is 0 Å². The van der Waals surface area contributed by atoms with E-state index in [9.17, 15) is 9.59 Å². The Morgan fingerprint density at radius 1 is 0.920 bits per heavy atom. The normalized spacial score (nSPS) is 13.7. The number of benzene rings is 2. The van der Waals surface area contributed by atoms with Crippen molar-refractivity contribution in [2.24, 2.45) is 0 Å². The SMILES string of the molecule is COc1ccc(C2=C(NCc3ccccc3)C(=O)NC2=O)cc1OC. The number of ether oxygens (including phenoxy) is 2. The van der Waals surface area contributed by atoms with Crippen LogP contribution in [0.1, 0.15) is 11.1 Å². The summed E-state index contributed by atoms with van der Waals surface area (Å²) in [7, 11) is 3.06. The van der Waals surface area contributed by atoms with E-state index >= 15 is 0 Å². The maximum atomic E-state index is 12.3. The van der Waals surface area contributed by atoms with E-state index in [0.717, 1.165) is 5.56 Å². The lowest BCUT2D eigenvalue weighted by molar-refractivity contribution is -0.123. The summed E-state index contributed by atoms with van der Waals surface area (Å²) in [5, 5.41) is 5.40. The molecule has 0 saturated heterocycles. The molecule has 0 radical (unpaired) electrons. The van der Waals surface area contributed by atoms with Crippen molar-refractivity contribution in [1.29, 1.82) is 0 Å². The number of imide groups is 1. The van der Waals surface area contributed by atoms with Crippen molar-refractivity contribution >= 4 is 17.4 Å². The number of carbonyl (C=O) groups excluding carboxylic acids is 2. The smallest absolute Gasteiger partial charge is 0.275 e. The summed E-state index contributed by atoms with van der Waals surface area (Å²) in [5.74, 6) is 0.163. The monoisotopic (exact) mass is 338 g/mol. The molecule has 0 spiro atoms. The minimum Gasteiger partial charge on any atom is -0.493 e. The minimum atomic E-state index is -0.439. The Bertz CT molecular complexity index is 844. The van der Waals surface area contributed by atoms with E-state index < -0.39 is 11.8 Å². The van der Waals surface area contributed by atoms with Crippen LogP contribution in [0.15, 0.2) is 54.2 Å². The minimum absolute atomic E-state index is 0.251. The van der Waals surface area contributed by atoms with Crippen molar-refractivity contribution in [3.05, 3.63) is 65.4 Å². The first-order valence-corrected chi connectivity index (χ1v) is 7.74. The molecular formula is C19H18N2O4. The maximum absolute atomic E-state index is 12.3. The molecule has 2 aromatic carbocycles. The summed E-state index contributed by atoms with van der Waals surface area (Å²) < 4.78 is 10.5. The van der Waals surface area contributed by atoms with Crippen molar-refractivity contribution in [2.45, 2.75) is 6.54 Å². The molecule has 0 fully saturated rings. The van der Waals surface area contributed by atoms with Gasteiger partial charge < -0.3 is 14.8 Å². The Hall–Kier alpha value is -3.28. The fourth-order valence-electron chi connectivity index (χ4n) is 2.68. The first-order chi connectivity index (χ1) is 12.1. The van der Waals surface area contributed by atoms with Gasteiger partial charge in [0.15, 0.2) is 11.5 Å². The fraction of sp³-hybridized carbons (Fsp3) is 0.158. The third kappa shape index (κ3) is 3.33. The average molecular weight is 338 g/mol. The Labute approximate surface area is 145 Å². The van der Waals surface area contributed by atoms with E-state index in [0.29, 0.717) is 29.2 Å². The fourth-order valence-corrected chi connectivity index (χ4v) is 2.68. The van der Waals surface area contributed by atoms with Crippen molar-refractivity contribution in [1.82, 2.24) is 10.6 Å². The number of hydrogen-bond donors (Lipinski definition) is 2. The molecule has 0 atom stereocenters. The zero-order valence-corrected chi connectivity index (χ0v) is 14.0. The molecule has 1 heterocycles. The number of hydrogen-bond acceptors (Lipinski definition) is 5. The van der Waals surface area contributed by atoms with Crippen LogP contribution in [-0.4, -0.2) is 26.0 Å². The van der Waals surface area contributed by atoms with Gasteiger partial charge in [-0.05, 0) is 23.3 Å². The molecule has 3 rings (SSSR count). The first-order valence-electron chi connectivity index (χ1n) is 7.74. The van der Waals surface area contributed by atoms with Gasteiger partial charge in [0.2, 0.25) is 0 Å². The molecule has 2 aromatic rings. The van der Waals surface area contributed by atoms with E-state index in [4.69, 9.17) is 9.47 Å². The van der Waals surface area contributed by atoms with Crippen LogP contribution in [0.5, 0.6) is 11.5 Å². The van der Waals surface area contributed by atoms with Crippen molar-refractivity contribution in [3.63, 3.8) is 0 Å². The zero-order valence-electron chi connectivity index (χ0n) is 14.0. The van der Waals surface area contributed by atoms with Crippen LogP contribution in [0.25, 0.3) is 5.57 Å². The molecule has 2 N–H and O–H groups in total. The van der Waals surface area contributed by atoms with Gasteiger partial charge >= 0.3 is 0 Å². The van der Waals surface area contributed by atoms with Crippen molar-refractivity contribution in [3.8, 4) is 11.5 Å². The second-order valence-corrected chi connectivity index (χ2v) is 5.44. The lowest BCUT2D eigenvalue weighted by Crippen LogP contribution is -2.27. The molecule has 25 heavy (non-hydrogen) atoms. The topological polar surface area (TPSA) is 76.7 Å². The standard InChI is InChI=1S/C19H18N2O4/c1-24-14-9-8-13(10-15(14)25-2)16-17(19(23)21-18(16)22)20-11-12-6-4-3-5-7-12/h3-10H,11H2,1-2H3,(H2,20,21,22,23). The van der Waals surface area contributed by atoms with E-state index in [1.54, 1.807) is 18.2 Å². The highest BCUT2D eigenvalue weighted by atomic mass is 16.5. The van der Waals surface area contributed by atoms with E-state index in [-0.39, 0.29) is 5.70 Å². The molecule has 6 nitrogen and oxygen atoms in total. The first kappa shape index (κ1) is 16.6. The summed E-state index contributed by atoms with van der Waals surface area (Å²) in [4.78, 5) is 24.4. The summed E-state index contributed by atoms with van der Waals surface area (Å²) in [6, 6.07) is 14.7. The molecule has 0 aliphatic carbocycles. The number of nitrogens with one attached hydrogen (secondary N) is 2. The van der Waals surface area contributed by atoms with Crippen molar-refractivity contribution in [2.75, 3.05) is 14.2 Å². The molecule has 1 aliphatic rings. The highest BCUT2D eigenvalue weighted by Crippen LogP contribution is 2.32. The lowest BCUT2D eigenvalue weighted by atomic mass is 10.0. The Morgan fingerprint density at radius 2 is 1.64 bits per heavy atom. The number of rotatable bonds is 6. The number of amides is 2. The van der Waals surface area contributed by atoms with E-state index in [1.807, 2.05) is 30.3 Å². The van der Waals surface area contributed by atoms with Gasteiger partial charge in [0.25, 0.3) is 11.8 Å². The van der Waals surface area contributed by atoms with Gasteiger partial charge in [-0.3, -0.25) is 14.9 Å². The van der Waals surface area contributed by atoms with Gasteiger partial charge in [0, 0.05) is 6.54 Å². The van der Waals surface area contributed by atoms with Crippen LogP contribution >= 0.6 is 0 Å². The van der Waals surface area contributed by atoms with Crippen LogP contribution in [-0.2, 0) is 16.1 Å². The summed E-state index contributed by atoms with van der Waals surface area (Å²) >= 11 is 0. The summed E-state index contributed by atoms with van der Waals surface area (Å²) in [6.07, 6.45) is 0. The van der Waals surface area contributed by atoms with E-state index in [2.05, 4.69) is 10.6 Å². The molecule has 6 heteroatoms. The van der Waals surface area contributed by atoms with Crippen molar-refractivity contribution < 1.29 is 19.1 Å². The van der Waals surface area contributed by atoms with Gasteiger partial charge in [-0.1, -0.05) is 36.4 Å². The Balaban J connectivity index is 1.96. The lowest BCUT2D eigenvalue weighted by Gasteiger charge is -2.11. The van der Waals surface area contributed by atoms with Gasteiger partial charge in [0.1, 0.15) is 5.70 Å². The quantitative estimate of drug-likeness (QED) is 0.786. The van der Waals surface area contributed by atoms with Gasteiger partial charge in [-0.25, -0.2) is 0 Å². The van der Waals surface area contributed by atoms with Gasteiger partial charge in [-0.2, -0.15) is 0 Å². The third-order valence-corrected chi connectivity index (χ3v) is 3.92. The molecule has 0 saturated carbocycles. The van der Waals surface area contributed by atoms with E-state index in [1.165, 1.54) is 14.2 Å². The predicted molar refractivity (Wildman–Crippen MR) is 92.9 cm³/mol. The second-order valence-electron chi connectivity index (χ2n) is 5.44. The number of methoxy groups -OCH3 is 2. The third-order valence-electron chi connectivity index (χ3n) is 3.92. The summed E-state index contributed by atoms with van der Waals surface area (Å²) in [6.45, 7) is 0.438. The van der Waals surface area contributed by atoms with Gasteiger partial charge in [-0.15, -0.1) is 0 Å². The number of carbonyl (C=O) groups is 2. The van der Waals surface area contributed by atoms with Crippen LogP contribution in [0.2, 0.25) is 0 Å². The van der Waals surface area contributed by atoms with Gasteiger partial charge in [0.05, 0.1) is 19.8 Å². The average Bonchev–Trinajstić information content (AvgIpc) is 2.93. The van der Waals surface area contributed by atoms with Crippen LogP contribution in [0.3, 0.4) is 0 Å². The molecule has 0 bridgehead atoms. The zero-order chi connectivity index (χ0) is 17.8. The second kappa shape index (κ2) is 7.09. The molecule has 0 unspecified atom stereocenters. The molecule has 128 valence electrons. The Morgan fingerprint density at radius 3 is 2.32 bits per heavy atom. The highest BCUT2D eigenvalue weighted by Gasteiger charge is 2.31. The summed E-state index contributed by atoms with van der Waals surface area (Å²) in [5.41, 5.74) is 2.13. The maximum Gasteiger partial charge on any atom is 0.275 e. The van der Waals surface area contributed by atoms with Crippen LogP contribution in [0.4, 0.5) is 0 Å². The van der Waals surface area contributed by atoms with Crippen LogP contribution < -0.4 is 20.1 Å². The molecule has 1 aliphatic heterocycles. The highest BCUT2D eigenvalue weighted by molar-refractivity contribution is 6.35. The molecular weight excluding hydrogens is 320 g/mol. The predicted octanol–water partition coefficient (Wildman–Crippen LogP) is 1.86. The molecule has 2 amide bonds. The largest absolute Gasteiger partial charge is 0.493 e.